The van der Waals surface area contributed by atoms with Gasteiger partial charge in [0.05, 0.1) is 12.2 Å². The van der Waals surface area contributed by atoms with E-state index in [1.807, 2.05) is 0 Å². The lowest BCUT2D eigenvalue weighted by molar-refractivity contribution is 0.192. The maximum Gasteiger partial charge on any atom is 0.0721 e. The molecule has 0 aliphatic carbocycles. The Morgan fingerprint density at radius 2 is 1.06 bits per heavy atom. The van der Waals surface area contributed by atoms with E-state index in [0.29, 0.717) is 0 Å². The van der Waals surface area contributed by atoms with Crippen LogP contribution in [0.4, 0.5) is 0 Å². The van der Waals surface area contributed by atoms with Gasteiger partial charge in [0.1, 0.15) is 0 Å². The second kappa shape index (κ2) is 13.1. The zero-order valence-corrected chi connectivity index (χ0v) is 12.3. The van der Waals surface area contributed by atoms with Gasteiger partial charge >= 0.3 is 0 Å². The highest BCUT2D eigenvalue weighted by Gasteiger charge is 2.02. The smallest absolute Gasteiger partial charge is 0.0721 e. The largest absolute Gasteiger partial charge is 0.389 e. The molecule has 2 heteroatoms. The first-order chi connectivity index (χ1) is 8.70. The van der Waals surface area contributed by atoms with Crippen molar-refractivity contribution in [3.63, 3.8) is 0 Å². The van der Waals surface area contributed by atoms with Crippen molar-refractivity contribution in [3.8, 4) is 0 Å². The third kappa shape index (κ3) is 12.1. The maximum absolute atomic E-state index is 9.71. The van der Waals surface area contributed by atoms with Crippen molar-refractivity contribution < 1.29 is 10.2 Å². The molecule has 0 radical (unpaired) electrons. The molecule has 0 aromatic rings. The number of rotatable bonds is 12. The van der Waals surface area contributed by atoms with Crippen LogP contribution >= 0.6 is 0 Å². The topological polar surface area (TPSA) is 40.5 Å². The Hall–Kier alpha value is -0.340. The first-order valence-corrected chi connectivity index (χ1v) is 7.75. The van der Waals surface area contributed by atoms with Gasteiger partial charge in [0, 0.05) is 0 Å². The van der Waals surface area contributed by atoms with Crippen molar-refractivity contribution in [1.29, 1.82) is 0 Å². The molecule has 0 rings (SSSR count). The van der Waals surface area contributed by atoms with Gasteiger partial charge in [-0.15, -0.1) is 0 Å². The van der Waals surface area contributed by atoms with E-state index in [9.17, 15) is 10.2 Å². The van der Waals surface area contributed by atoms with Crippen molar-refractivity contribution >= 4 is 0 Å². The molecule has 0 bridgehead atoms. The number of aliphatic hydroxyl groups excluding tert-OH is 2. The van der Waals surface area contributed by atoms with E-state index in [4.69, 9.17) is 0 Å². The number of hydrogen-bond donors (Lipinski definition) is 2. The third-order valence-electron chi connectivity index (χ3n) is 3.26. The normalized spacial score (nSPS) is 15.1. The van der Waals surface area contributed by atoms with Gasteiger partial charge in [0.2, 0.25) is 0 Å². The summed E-state index contributed by atoms with van der Waals surface area (Å²) >= 11 is 0. The van der Waals surface area contributed by atoms with E-state index in [2.05, 4.69) is 13.8 Å². The van der Waals surface area contributed by atoms with Crippen LogP contribution in [-0.4, -0.2) is 22.4 Å². The average molecular weight is 256 g/mol. The fraction of sp³-hybridized carbons (Fsp3) is 0.875. The summed E-state index contributed by atoms with van der Waals surface area (Å²) in [6.07, 6.45) is 13.9. The predicted molar refractivity (Wildman–Crippen MR) is 78.7 cm³/mol. The lowest BCUT2D eigenvalue weighted by Gasteiger charge is -2.08. The third-order valence-corrected chi connectivity index (χ3v) is 3.26. The number of hydrogen-bond acceptors (Lipinski definition) is 2. The minimum Gasteiger partial charge on any atom is -0.389 e. The van der Waals surface area contributed by atoms with Crippen LogP contribution in [0.2, 0.25) is 0 Å². The monoisotopic (exact) mass is 256 g/mol. The minimum atomic E-state index is -0.382. The molecule has 0 amide bonds. The SMILES string of the molecule is CCCCCCC(O)/C=C/C(O)CCCCCC. The van der Waals surface area contributed by atoms with Crippen molar-refractivity contribution in [1.82, 2.24) is 0 Å². The molecule has 2 nitrogen and oxygen atoms in total. The zero-order valence-electron chi connectivity index (χ0n) is 12.3. The molecule has 18 heavy (non-hydrogen) atoms. The molecule has 0 fully saturated rings. The molecule has 2 N–H and O–H groups in total. The number of unbranched alkanes of at least 4 members (excludes halogenated alkanes) is 6. The Kier molecular flexibility index (Phi) is 12.9. The summed E-state index contributed by atoms with van der Waals surface area (Å²) in [5.41, 5.74) is 0. The highest BCUT2D eigenvalue weighted by molar-refractivity contribution is 4.93. The maximum atomic E-state index is 9.71. The Morgan fingerprint density at radius 1 is 0.667 bits per heavy atom. The van der Waals surface area contributed by atoms with Gasteiger partial charge in [-0.2, -0.15) is 0 Å². The molecular formula is C16H32O2. The molecule has 0 aromatic carbocycles. The first-order valence-electron chi connectivity index (χ1n) is 7.75. The summed E-state index contributed by atoms with van der Waals surface area (Å²) in [5.74, 6) is 0. The summed E-state index contributed by atoms with van der Waals surface area (Å²) in [5, 5.41) is 19.4. The van der Waals surface area contributed by atoms with Crippen molar-refractivity contribution in [2.75, 3.05) is 0 Å². The van der Waals surface area contributed by atoms with Gasteiger partial charge in [-0.05, 0) is 12.8 Å². The molecule has 0 saturated carbocycles. The minimum absolute atomic E-state index is 0.382. The molecule has 0 saturated heterocycles. The van der Waals surface area contributed by atoms with Crippen molar-refractivity contribution in [2.45, 2.75) is 90.3 Å². The van der Waals surface area contributed by atoms with Crippen LogP contribution in [0, 0.1) is 0 Å². The second-order valence-electron chi connectivity index (χ2n) is 5.22. The molecule has 0 aliphatic rings. The molecule has 2 unspecified atom stereocenters. The van der Waals surface area contributed by atoms with Crippen LogP contribution < -0.4 is 0 Å². The van der Waals surface area contributed by atoms with Gasteiger partial charge in [-0.25, -0.2) is 0 Å². The lowest BCUT2D eigenvalue weighted by Crippen LogP contribution is -2.06. The van der Waals surface area contributed by atoms with Gasteiger partial charge in [0.15, 0.2) is 0 Å². The summed E-state index contributed by atoms with van der Waals surface area (Å²) < 4.78 is 0. The van der Waals surface area contributed by atoms with Crippen LogP contribution in [0.25, 0.3) is 0 Å². The lowest BCUT2D eigenvalue weighted by atomic mass is 10.1. The van der Waals surface area contributed by atoms with E-state index >= 15 is 0 Å². The summed E-state index contributed by atoms with van der Waals surface area (Å²) in [6.45, 7) is 4.37. The number of aliphatic hydroxyl groups is 2. The Morgan fingerprint density at radius 3 is 1.39 bits per heavy atom. The van der Waals surface area contributed by atoms with Crippen LogP contribution in [0.5, 0.6) is 0 Å². The molecule has 2 atom stereocenters. The van der Waals surface area contributed by atoms with E-state index in [1.54, 1.807) is 12.2 Å². The van der Waals surface area contributed by atoms with Crippen molar-refractivity contribution in [2.24, 2.45) is 0 Å². The fourth-order valence-electron chi connectivity index (χ4n) is 2.01. The molecule has 0 aliphatic heterocycles. The van der Waals surface area contributed by atoms with Crippen LogP contribution in [-0.2, 0) is 0 Å². The molecular weight excluding hydrogens is 224 g/mol. The Balaban J connectivity index is 3.51. The second-order valence-corrected chi connectivity index (χ2v) is 5.22. The zero-order chi connectivity index (χ0) is 13.6. The van der Waals surface area contributed by atoms with Crippen LogP contribution in [0.1, 0.15) is 78.1 Å². The van der Waals surface area contributed by atoms with Gasteiger partial charge in [-0.3, -0.25) is 0 Å². The van der Waals surface area contributed by atoms with E-state index in [0.717, 1.165) is 25.7 Å². The summed E-state index contributed by atoms with van der Waals surface area (Å²) in [7, 11) is 0. The Bertz CT molecular complexity index is 170. The van der Waals surface area contributed by atoms with Gasteiger partial charge in [-0.1, -0.05) is 77.4 Å². The molecule has 0 spiro atoms. The molecule has 0 aromatic heterocycles. The summed E-state index contributed by atoms with van der Waals surface area (Å²) in [4.78, 5) is 0. The van der Waals surface area contributed by atoms with Crippen molar-refractivity contribution in [3.05, 3.63) is 12.2 Å². The highest BCUT2D eigenvalue weighted by atomic mass is 16.3. The molecule has 0 heterocycles. The van der Waals surface area contributed by atoms with E-state index in [1.165, 1.54) is 38.5 Å². The summed E-state index contributed by atoms with van der Waals surface area (Å²) in [6, 6.07) is 0. The predicted octanol–water partition coefficient (Wildman–Crippen LogP) is 4.21. The van der Waals surface area contributed by atoms with Crippen LogP contribution in [0.15, 0.2) is 12.2 Å². The average Bonchev–Trinajstić information content (AvgIpc) is 2.37. The Labute approximate surface area is 113 Å². The highest BCUT2D eigenvalue weighted by Crippen LogP contribution is 2.09. The quantitative estimate of drug-likeness (QED) is 0.406. The fourth-order valence-corrected chi connectivity index (χ4v) is 2.01. The van der Waals surface area contributed by atoms with Gasteiger partial charge in [0.25, 0.3) is 0 Å². The van der Waals surface area contributed by atoms with Crippen LogP contribution in [0.3, 0.4) is 0 Å². The van der Waals surface area contributed by atoms with Gasteiger partial charge < -0.3 is 10.2 Å². The van der Waals surface area contributed by atoms with E-state index in [-0.39, 0.29) is 12.2 Å². The van der Waals surface area contributed by atoms with E-state index < -0.39 is 0 Å². The molecule has 108 valence electrons. The first kappa shape index (κ1) is 17.7. The standard InChI is InChI=1S/C16H32O2/c1-3-5-7-9-11-15(17)13-14-16(18)12-10-8-6-4-2/h13-18H,3-12H2,1-2H3/b14-13+.